The van der Waals surface area contributed by atoms with E-state index in [0.29, 0.717) is 12.8 Å². The van der Waals surface area contributed by atoms with Gasteiger partial charge in [0, 0.05) is 6.54 Å². The number of hydrogen-bond donors (Lipinski definition) is 2. The largest absolute Gasteiger partial charge is 0.494 e. The van der Waals surface area contributed by atoms with Gasteiger partial charge < -0.3 is 9.84 Å². The van der Waals surface area contributed by atoms with E-state index in [2.05, 4.69) is 4.72 Å². The van der Waals surface area contributed by atoms with Gasteiger partial charge in [-0.2, -0.15) is 0 Å². The van der Waals surface area contributed by atoms with Gasteiger partial charge >= 0.3 is 0 Å². The van der Waals surface area contributed by atoms with E-state index in [-0.39, 0.29) is 17.2 Å². The lowest BCUT2D eigenvalue weighted by Crippen LogP contribution is -2.27. The number of ether oxygens (including phenoxy) is 1. The van der Waals surface area contributed by atoms with Crippen molar-refractivity contribution in [3.8, 4) is 5.75 Å². The topological polar surface area (TPSA) is 75.6 Å². The molecule has 1 unspecified atom stereocenters. The second kappa shape index (κ2) is 6.83. The quantitative estimate of drug-likeness (QED) is 0.793. The van der Waals surface area contributed by atoms with Crippen LogP contribution in [0.25, 0.3) is 0 Å². The molecule has 0 aliphatic carbocycles. The highest BCUT2D eigenvalue weighted by Crippen LogP contribution is 2.20. The van der Waals surface area contributed by atoms with E-state index in [1.54, 1.807) is 6.92 Å². The molecule has 19 heavy (non-hydrogen) atoms. The van der Waals surface area contributed by atoms with Crippen molar-refractivity contribution in [1.29, 1.82) is 0 Å². The zero-order chi connectivity index (χ0) is 14.5. The fourth-order valence-corrected chi connectivity index (χ4v) is 2.52. The number of methoxy groups -OCH3 is 1. The Labute approximate surface area is 112 Å². The number of hydrogen-bond acceptors (Lipinski definition) is 4. The number of rotatable bonds is 7. The summed E-state index contributed by atoms with van der Waals surface area (Å²) in [5.74, 6) is -0.751. The summed E-state index contributed by atoms with van der Waals surface area (Å²) in [7, 11) is -2.47. The second-order valence-electron chi connectivity index (χ2n) is 4.04. The fraction of sp³-hybridized carbons (Fsp3) is 0.500. The number of aliphatic hydroxyl groups is 1. The molecule has 0 radical (unpaired) electrons. The van der Waals surface area contributed by atoms with Gasteiger partial charge in [0.05, 0.1) is 18.1 Å². The van der Waals surface area contributed by atoms with Crippen molar-refractivity contribution in [3.63, 3.8) is 0 Å². The number of aliphatic hydroxyl groups excluding tert-OH is 1. The van der Waals surface area contributed by atoms with Crippen molar-refractivity contribution in [1.82, 2.24) is 4.72 Å². The predicted molar refractivity (Wildman–Crippen MR) is 69.1 cm³/mol. The first-order valence-corrected chi connectivity index (χ1v) is 7.40. The predicted octanol–water partition coefficient (Wildman–Crippen LogP) is 1.27. The molecule has 0 saturated heterocycles. The summed E-state index contributed by atoms with van der Waals surface area (Å²) in [6.45, 7) is 1.91. The molecule has 1 atom stereocenters. The second-order valence-corrected chi connectivity index (χ2v) is 5.81. The lowest BCUT2D eigenvalue weighted by atomic mass is 10.2. The van der Waals surface area contributed by atoms with E-state index >= 15 is 0 Å². The Morgan fingerprint density at radius 3 is 2.68 bits per heavy atom. The molecule has 0 fully saturated rings. The molecule has 0 amide bonds. The van der Waals surface area contributed by atoms with Crippen molar-refractivity contribution in [3.05, 3.63) is 24.0 Å². The molecule has 7 heteroatoms. The molecule has 0 aliphatic rings. The fourth-order valence-electron chi connectivity index (χ4n) is 1.46. The maximum atomic E-state index is 13.4. The molecule has 108 valence electrons. The first-order valence-electron chi connectivity index (χ1n) is 5.92. The molecule has 1 rings (SSSR count). The lowest BCUT2D eigenvalue weighted by molar-refractivity contribution is 0.162. The first kappa shape index (κ1) is 15.9. The highest BCUT2D eigenvalue weighted by Gasteiger charge is 2.16. The highest BCUT2D eigenvalue weighted by atomic mass is 32.2. The summed E-state index contributed by atoms with van der Waals surface area (Å²) < 4.78 is 44.2. The van der Waals surface area contributed by atoms with Gasteiger partial charge in [0.2, 0.25) is 10.0 Å². The van der Waals surface area contributed by atoms with Crippen LogP contribution < -0.4 is 9.46 Å². The Kier molecular flexibility index (Phi) is 5.71. The maximum Gasteiger partial charge on any atom is 0.240 e. The lowest BCUT2D eigenvalue weighted by Gasteiger charge is -2.10. The molecule has 0 heterocycles. The summed E-state index contributed by atoms with van der Waals surface area (Å²) in [4.78, 5) is -0.170. The van der Waals surface area contributed by atoms with E-state index < -0.39 is 21.9 Å². The maximum absolute atomic E-state index is 13.4. The third-order valence-electron chi connectivity index (χ3n) is 2.67. The molecule has 1 aromatic carbocycles. The van der Waals surface area contributed by atoms with Crippen molar-refractivity contribution in [2.75, 3.05) is 13.7 Å². The first-order chi connectivity index (χ1) is 8.90. The van der Waals surface area contributed by atoms with E-state index in [0.717, 1.165) is 6.07 Å². The summed E-state index contributed by atoms with van der Waals surface area (Å²) in [6, 6.07) is 3.42. The Morgan fingerprint density at radius 2 is 2.16 bits per heavy atom. The molecule has 2 N–H and O–H groups in total. The van der Waals surface area contributed by atoms with Crippen LogP contribution in [0.2, 0.25) is 0 Å². The molecule has 0 spiro atoms. The number of nitrogens with one attached hydrogen (secondary N) is 1. The highest BCUT2D eigenvalue weighted by molar-refractivity contribution is 7.89. The van der Waals surface area contributed by atoms with Crippen LogP contribution in [0.15, 0.2) is 23.1 Å². The van der Waals surface area contributed by atoms with Gasteiger partial charge in [-0.25, -0.2) is 17.5 Å². The van der Waals surface area contributed by atoms with Crippen LogP contribution in [-0.4, -0.2) is 33.3 Å². The van der Waals surface area contributed by atoms with E-state index in [1.807, 2.05) is 0 Å². The van der Waals surface area contributed by atoms with Crippen LogP contribution in [0.1, 0.15) is 19.8 Å². The minimum atomic E-state index is -3.77. The minimum Gasteiger partial charge on any atom is -0.494 e. The van der Waals surface area contributed by atoms with Crippen molar-refractivity contribution >= 4 is 10.0 Å². The van der Waals surface area contributed by atoms with Gasteiger partial charge in [0.15, 0.2) is 11.6 Å². The van der Waals surface area contributed by atoms with Crippen LogP contribution in [0.3, 0.4) is 0 Å². The van der Waals surface area contributed by atoms with Crippen LogP contribution in [0.5, 0.6) is 5.75 Å². The van der Waals surface area contributed by atoms with Gasteiger partial charge in [0.1, 0.15) is 0 Å². The molecule has 0 saturated carbocycles. The molecule has 0 aromatic heterocycles. The van der Waals surface area contributed by atoms with Crippen LogP contribution in [0.4, 0.5) is 4.39 Å². The zero-order valence-corrected chi connectivity index (χ0v) is 11.7. The van der Waals surface area contributed by atoms with E-state index in [4.69, 9.17) is 4.74 Å². The Morgan fingerprint density at radius 1 is 1.47 bits per heavy atom. The summed E-state index contributed by atoms with van der Waals surface area (Å²) in [5.41, 5.74) is 0. The molecule has 5 nitrogen and oxygen atoms in total. The minimum absolute atomic E-state index is 0.0136. The van der Waals surface area contributed by atoms with Gasteiger partial charge in [-0.1, -0.05) is 6.92 Å². The summed E-state index contributed by atoms with van der Waals surface area (Å²) >= 11 is 0. The van der Waals surface area contributed by atoms with Crippen LogP contribution in [0, 0.1) is 5.82 Å². The SMILES string of the molecule is CCC(O)CCNS(=O)(=O)c1ccc(OC)c(F)c1. The molecule has 0 bridgehead atoms. The Hall–Kier alpha value is -1.18. The standard InChI is InChI=1S/C12H18FNO4S/c1-3-9(15)6-7-14-19(16,17)10-4-5-12(18-2)11(13)8-10/h4-5,8-9,14-15H,3,6-7H2,1-2H3. The van der Waals surface area contributed by atoms with Crippen molar-refractivity contribution in [2.45, 2.75) is 30.8 Å². The molecular formula is C12H18FNO4S. The smallest absolute Gasteiger partial charge is 0.240 e. The number of sulfonamides is 1. The van der Waals surface area contributed by atoms with Crippen LogP contribution >= 0.6 is 0 Å². The third kappa shape index (κ3) is 4.45. The normalized spacial score (nSPS) is 13.3. The van der Waals surface area contributed by atoms with Gasteiger partial charge in [-0.05, 0) is 31.0 Å². The summed E-state index contributed by atoms with van der Waals surface area (Å²) in [5, 5.41) is 9.33. The van der Waals surface area contributed by atoms with Crippen molar-refractivity contribution in [2.24, 2.45) is 0 Å². The monoisotopic (exact) mass is 291 g/mol. The van der Waals surface area contributed by atoms with E-state index in [9.17, 15) is 17.9 Å². The Balaban J connectivity index is 2.75. The average molecular weight is 291 g/mol. The van der Waals surface area contributed by atoms with Crippen molar-refractivity contribution < 1.29 is 22.7 Å². The van der Waals surface area contributed by atoms with E-state index in [1.165, 1.54) is 19.2 Å². The Bertz CT molecular complexity index is 518. The van der Waals surface area contributed by atoms with Gasteiger partial charge in [-0.3, -0.25) is 0 Å². The zero-order valence-electron chi connectivity index (χ0n) is 10.9. The van der Waals surface area contributed by atoms with Crippen LogP contribution in [-0.2, 0) is 10.0 Å². The van der Waals surface area contributed by atoms with Gasteiger partial charge in [0.25, 0.3) is 0 Å². The molecule has 1 aromatic rings. The number of benzene rings is 1. The third-order valence-corrected chi connectivity index (χ3v) is 4.13. The summed E-state index contributed by atoms with van der Waals surface area (Å²) in [6.07, 6.45) is 0.322. The molecular weight excluding hydrogens is 273 g/mol. The average Bonchev–Trinajstić information content (AvgIpc) is 2.38. The number of halogens is 1. The molecule has 0 aliphatic heterocycles. The van der Waals surface area contributed by atoms with Gasteiger partial charge in [-0.15, -0.1) is 0 Å².